The number of aliphatic hydroxyl groups excluding tert-OH is 8. The quantitative estimate of drug-likeness (QED) is 0.0170. The van der Waals surface area contributed by atoms with E-state index in [-0.39, 0.29) is 23.5 Å². The molecule has 3 aromatic carbocycles. The summed E-state index contributed by atoms with van der Waals surface area (Å²) < 4.78 is 16.5. The van der Waals surface area contributed by atoms with Gasteiger partial charge < -0.3 is 97.0 Å². The Morgan fingerprint density at radius 2 is 1.49 bits per heavy atom. The Hall–Kier alpha value is -8.17. The summed E-state index contributed by atoms with van der Waals surface area (Å²) in [5.41, 5.74) is 6.78. The molecular weight excluding hydrogens is 1240 g/mol. The average Bonchev–Trinajstić information content (AvgIpc) is 1.72. The highest BCUT2D eigenvalue weighted by Gasteiger charge is 2.51. The predicted octanol–water partition coefficient (Wildman–Crippen LogP) is -2.99. The molecule has 3 saturated heterocycles. The van der Waals surface area contributed by atoms with Gasteiger partial charge in [0.1, 0.15) is 65.3 Å². The molecule has 3 fully saturated rings. The SMILES string of the molecule is CCCCOc1ccc(-c2nn3cc(-c4ccc(C(=O)NC5CC(O)C(O)NC(=O)C6C(O)C(C)CN6C(=O)C(C(O)CC(N)=O)NC(=O)C(C(O)C(O)c6ccc(O)c(OSOOO)c6)NC(=O)C6CC(O)CN6C(=O)C(C(C)O)NC5=O)cc4)nc3s2)cc1. The number of phenols is 1. The van der Waals surface area contributed by atoms with Crippen LogP contribution in [0.25, 0.3) is 26.8 Å². The summed E-state index contributed by atoms with van der Waals surface area (Å²) in [6.07, 6.45) is -16.1. The van der Waals surface area contributed by atoms with Gasteiger partial charge in [-0.25, -0.2) is 14.8 Å². The van der Waals surface area contributed by atoms with E-state index in [0.29, 0.717) is 37.6 Å². The van der Waals surface area contributed by atoms with Crippen molar-refractivity contribution in [3.8, 4) is 39.1 Å². The van der Waals surface area contributed by atoms with Crippen LogP contribution in [0.1, 0.15) is 74.9 Å². The number of hydrogen-bond donors (Lipinski definition) is 16. The summed E-state index contributed by atoms with van der Waals surface area (Å²) in [7, 11) is 0. The molecule has 8 amide bonds. The first kappa shape index (κ1) is 68.7. The topological polar surface area (TPSA) is 499 Å². The van der Waals surface area contributed by atoms with Crippen LogP contribution in [0, 0.1) is 5.92 Å². The fourth-order valence-electron chi connectivity index (χ4n) is 10.5. The van der Waals surface area contributed by atoms with Crippen molar-refractivity contribution in [2.45, 2.75) is 138 Å². The lowest BCUT2D eigenvalue weighted by molar-refractivity contribution is -0.433. The Morgan fingerprint density at radius 3 is 2.15 bits per heavy atom. The fraction of sp³-hybridized carbons (Fsp3) is 0.464. The summed E-state index contributed by atoms with van der Waals surface area (Å²) in [4.78, 5) is 120. The molecule has 0 radical (unpaired) electrons. The third-order valence-electron chi connectivity index (χ3n) is 15.4. The molecule has 0 bridgehead atoms. The van der Waals surface area contributed by atoms with E-state index < -0.39 is 182 Å². The number of carbonyl (C=O) groups excluding carboxylic acids is 8. The van der Waals surface area contributed by atoms with Gasteiger partial charge in [0.2, 0.25) is 46.3 Å². The highest BCUT2D eigenvalue weighted by atomic mass is 32.2. The normalized spacial score (nSPS) is 26.0. The third-order valence-corrected chi connectivity index (χ3v) is 16.7. The van der Waals surface area contributed by atoms with E-state index in [0.717, 1.165) is 49.3 Å². The summed E-state index contributed by atoms with van der Waals surface area (Å²) in [6, 6.07) is 3.36. The molecule has 8 rings (SSSR count). The van der Waals surface area contributed by atoms with Gasteiger partial charge in [-0.1, -0.05) is 59.2 Å². The highest BCUT2D eigenvalue weighted by molar-refractivity contribution is 7.90. The van der Waals surface area contributed by atoms with Crippen LogP contribution in [0.2, 0.25) is 0 Å². The van der Waals surface area contributed by atoms with Gasteiger partial charge in [-0.2, -0.15) is 5.10 Å². The second-order valence-electron chi connectivity index (χ2n) is 22.0. The van der Waals surface area contributed by atoms with Gasteiger partial charge in [0, 0.05) is 48.5 Å². The maximum absolute atomic E-state index is 14.7. The zero-order chi connectivity index (χ0) is 66.1. The van der Waals surface area contributed by atoms with Crippen molar-refractivity contribution in [3.05, 3.63) is 84.1 Å². The van der Waals surface area contributed by atoms with Crippen molar-refractivity contribution in [1.29, 1.82) is 0 Å². The molecule has 5 aromatic rings. The van der Waals surface area contributed by atoms with Gasteiger partial charge in [0.25, 0.3) is 18.2 Å². The van der Waals surface area contributed by atoms with Gasteiger partial charge in [0.05, 0.1) is 49.3 Å². The number of carbonyl (C=O) groups is 8. The van der Waals surface area contributed by atoms with Crippen molar-refractivity contribution in [3.63, 3.8) is 0 Å². The molecule has 0 saturated carbocycles. The maximum atomic E-state index is 14.7. The first-order valence-corrected chi connectivity index (χ1v) is 30.0. The number of unbranched alkanes of at least 4 members (excludes halogenated alkanes) is 1. The summed E-state index contributed by atoms with van der Waals surface area (Å²) in [5, 5.41) is 130. The number of aromatic hydroxyl groups is 1. The smallest absolute Gasteiger partial charge is 0.261 e. The number of fused-ring (bicyclic) bond motifs is 3. The molecule has 492 valence electrons. The Bertz CT molecular complexity index is 3400. The summed E-state index contributed by atoms with van der Waals surface area (Å²) in [5.74, 6) is -12.0. The van der Waals surface area contributed by atoms with Crippen molar-refractivity contribution in [2.75, 3.05) is 19.7 Å². The lowest BCUT2D eigenvalue weighted by atomic mass is 9.96. The van der Waals surface area contributed by atoms with E-state index in [1.165, 1.54) is 30.4 Å². The minimum absolute atomic E-state index is 0.0364. The number of aromatic nitrogens is 3. The van der Waals surface area contributed by atoms with E-state index in [9.17, 15) is 84.3 Å². The minimum Gasteiger partial charge on any atom is -0.504 e. The highest BCUT2D eigenvalue weighted by Crippen LogP contribution is 2.35. The van der Waals surface area contributed by atoms with Crippen molar-refractivity contribution < 1.29 is 108 Å². The second kappa shape index (κ2) is 30.3. The van der Waals surface area contributed by atoms with Crippen LogP contribution in [-0.2, 0) is 42.9 Å². The molecule has 15 atom stereocenters. The number of aliphatic hydroxyl groups is 8. The number of hydrogen-bond acceptors (Lipinski definition) is 26. The van der Waals surface area contributed by atoms with E-state index in [2.05, 4.69) is 42.7 Å². The number of rotatable bonds is 19. The molecule has 0 aliphatic carbocycles. The minimum atomic E-state index is -2.56. The zero-order valence-corrected chi connectivity index (χ0v) is 50.4. The van der Waals surface area contributed by atoms with Gasteiger partial charge in [0.15, 0.2) is 17.7 Å². The second-order valence-corrected chi connectivity index (χ2v) is 23.4. The first-order valence-electron chi connectivity index (χ1n) is 28.5. The number of nitrogens with one attached hydrogen (secondary N) is 5. The van der Waals surface area contributed by atoms with Gasteiger partial charge in [-0.3, -0.25) is 38.4 Å². The van der Waals surface area contributed by atoms with Gasteiger partial charge >= 0.3 is 0 Å². The van der Waals surface area contributed by atoms with Crippen LogP contribution in [0.4, 0.5) is 0 Å². The Morgan fingerprint density at radius 1 is 0.824 bits per heavy atom. The standard InChI is InChI=1S/C56H69N11O22S2/c1-4-5-16-86-31-13-10-28(11-14-31)53-64-67-23-33(59-56(67)90-53)26-6-8-27(9-7-26)47(77)58-32-19-37(72)50(80)63-52(82)43-44(74)24(2)21-66(43)55(84)41(36(71)20-39(57)73)61-51(81)42(46(76)45(75)29-12-15-35(70)38(17-29)87-91-89-88-85)62-49(79)34-18-30(69)22-65(34)54(83)40(25(3)68)60-48(32)78/h6-15,17,23-25,30,32,34,36-37,40-46,50,68-72,74-76,80,85H,4-5,16,18-22H2,1-3H3,(H2,57,73)(H,58,77)(H,60,78)(H,61,81)(H,62,79)(H,63,82). The molecule has 33 nitrogen and oxygen atoms in total. The molecule has 0 spiro atoms. The molecule has 3 aliphatic rings. The average molecular weight is 1310 g/mol. The van der Waals surface area contributed by atoms with Gasteiger partial charge in [-0.15, -0.1) is 0 Å². The lowest BCUT2D eigenvalue weighted by Crippen LogP contribution is -2.64. The largest absolute Gasteiger partial charge is 0.504 e. The number of nitrogens with two attached hydrogens (primary N) is 1. The number of primary amides is 1. The number of phenolic OH excluding ortho intramolecular Hbond substituents is 1. The molecular formula is C56H69N11O22S2. The molecule has 15 unspecified atom stereocenters. The van der Waals surface area contributed by atoms with Crippen LogP contribution < -0.4 is 41.2 Å². The number of benzene rings is 3. The van der Waals surface area contributed by atoms with E-state index in [4.69, 9.17) is 24.9 Å². The van der Waals surface area contributed by atoms with Crippen molar-refractivity contribution in [1.82, 2.24) is 51.0 Å². The van der Waals surface area contributed by atoms with Crippen molar-refractivity contribution >= 4 is 75.9 Å². The zero-order valence-electron chi connectivity index (χ0n) is 48.7. The van der Waals surface area contributed by atoms with E-state index >= 15 is 0 Å². The lowest BCUT2D eigenvalue weighted by Gasteiger charge is -2.34. The number of amides is 8. The molecule has 3 aliphatic heterocycles. The molecule has 91 heavy (non-hydrogen) atoms. The predicted molar refractivity (Wildman–Crippen MR) is 314 cm³/mol. The fourth-order valence-corrected chi connectivity index (χ4v) is 11.6. The van der Waals surface area contributed by atoms with Crippen LogP contribution in [-0.4, -0.2) is 222 Å². The van der Waals surface area contributed by atoms with Gasteiger partial charge in [-0.05, 0) is 67.4 Å². The monoisotopic (exact) mass is 1310 g/mol. The number of imidazole rings is 1. The van der Waals surface area contributed by atoms with Crippen LogP contribution >= 0.6 is 23.7 Å². The Balaban J connectivity index is 1.10. The van der Waals surface area contributed by atoms with E-state index in [1.807, 2.05) is 29.6 Å². The van der Waals surface area contributed by atoms with E-state index in [1.54, 1.807) is 22.8 Å². The first-order chi connectivity index (χ1) is 43.3. The molecule has 17 N–H and O–H groups in total. The van der Waals surface area contributed by atoms with Crippen LogP contribution in [0.3, 0.4) is 0 Å². The number of nitrogens with zero attached hydrogens (tertiary/aromatic N) is 5. The Labute approximate surface area is 525 Å². The number of ether oxygens (including phenoxy) is 1. The maximum Gasteiger partial charge on any atom is 0.261 e. The summed E-state index contributed by atoms with van der Waals surface area (Å²) in [6.45, 7) is 3.88. The molecule has 35 heteroatoms. The van der Waals surface area contributed by atoms with Crippen LogP contribution in [0.5, 0.6) is 17.2 Å². The molecule has 2 aromatic heterocycles. The Kier molecular flexibility index (Phi) is 22.9. The van der Waals surface area contributed by atoms with Crippen molar-refractivity contribution in [2.24, 2.45) is 11.7 Å². The third kappa shape index (κ3) is 16.3. The molecule has 5 heterocycles. The summed E-state index contributed by atoms with van der Waals surface area (Å²) >= 11 is 1.29. The van der Waals surface area contributed by atoms with Crippen LogP contribution in [0.15, 0.2) is 72.9 Å².